The van der Waals surface area contributed by atoms with Crippen molar-refractivity contribution in [3.05, 3.63) is 63.1 Å². The van der Waals surface area contributed by atoms with Crippen LogP contribution in [0.3, 0.4) is 0 Å². The van der Waals surface area contributed by atoms with Gasteiger partial charge in [0.2, 0.25) is 0 Å². The molecule has 0 aliphatic carbocycles. The number of hydrogen-bond acceptors (Lipinski definition) is 6. The van der Waals surface area contributed by atoms with Crippen LogP contribution in [0.1, 0.15) is 31.3 Å². The van der Waals surface area contributed by atoms with Crippen molar-refractivity contribution in [3.8, 4) is 10.6 Å². The second-order valence-electron chi connectivity index (χ2n) is 7.26. The number of aromatic nitrogens is 2. The average molecular weight is 455 g/mol. The molecule has 4 rings (SSSR count). The quantitative estimate of drug-likeness (QED) is 0.459. The number of benzene rings is 1. The van der Waals surface area contributed by atoms with E-state index in [1.54, 1.807) is 56.6 Å². The Labute approximate surface area is 187 Å². The maximum atomic E-state index is 13.3. The fraction of sp³-hybridized carbons (Fsp3) is 0.182. The maximum Gasteiger partial charge on any atom is 0.259 e. The molecule has 0 fully saturated rings. The van der Waals surface area contributed by atoms with Gasteiger partial charge < -0.3 is 14.7 Å². The van der Waals surface area contributed by atoms with Crippen LogP contribution in [0.15, 0.2) is 40.9 Å². The van der Waals surface area contributed by atoms with Gasteiger partial charge in [-0.1, -0.05) is 16.8 Å². The van der Waals surface area contributed by atoms with Crippen molar-refractivity contribution in [1.29, 1.82) is 0 Å². The van der Waals surface area contributed by atoms with E-state index in [0.717, 1.165) is 9.75 Å². The average Bonchev–Trinajstić information content (AvgIpc) is 3.34. The molecule has 3 aromatic heterocycles. The largest absolute Gasteiger partial charge is 0.345 e. The third-order valence-corrected chi connectivity index (χ3v) is 6.08. The van der Waals surface area contributed by atoms with Gasteiger partial charge in [-0.2, -0.15) is 0 Å². The molecule has 0 atom stereocenters. The summed E-state index contributed by atoms with van der Waals surface area (Å²) in [6.07, 6.45) is 0. The van der Waals surface area contributed by atoms with E-state index in [2.05, 4.69) is 15.5 Å². The minimum atomic E-state index is -0.399. The van der Waals surface area contributed by atoms with Crippen LogP contribution in [0.2, 0.25) is 5.02 Å². The van der Waals surface area contributed by atoms with Crippen molar-refractivity contribution in [2.24, 2.45) is 0 Å². The van der Waals surface area contributed by atoms with E-state index in [9.17, 15) is 9.59 Å². The van der Waals surface area contributed by atoms with E-state index in [1.807, 2.05) is 19.1 Å². The lowest BCUT2D eigenvalue weighted by Gasteiger charge is -2.13. The fourth-order valence-corrected chi connectivity index (χ4v) is 4.17. The molecule has 0 saturated carbocycles. The molecule has 0 aliphatic heterocycles. The van der Waals surface area contributed by atoms with E-state index in [-0.39, 0.29) is 11.6 Å². The van der Waals surface area contributed by atoms with E-state index >= 15 is 0 Å². The molecule has 2 amide bonds. The first-order chi connectivity index (χ1) is 14.7. The molecular weight excluding hydrogens is 436 g/mol. The molecule has 9 heteroatoms. The van der Waals surface area contributed by atoms with Crippen LogP contribution in [-0.2, 0) is 0 Å². The van der Waals surface area contributed by atoms with E-state index < -0.39 is 5.91 Å². The number of hydrogen-bond donors (Lipinski definition) is 1. The zero-order chi connectivity index (χ0) is 22.3. The zero-order valence-electron chi connectivity index (χ0n) is 17.3. The van der Waals surface area contributed by atoms with Gasteiger partial charge in [-0.05, 0) is 50.2 Å². The van der Waals surface area contributed by atoms with Gasteiger partial charge in [0, 0.05) is 24.5 Å². The number of carbonyl (C=O) groups is 2. The summed E-state index contributed by atoms with van der Waals surface area (Å²) in [5, 5.41) is 7.65. The summed E-state index contributed by atoms with van der Waals surface area (Å²) in [6.45, 7) is 3.76. The Balaban J connectivity index is 1.77. The number of aryl methyl sites for hydroxylation is 2. The molecule has 4 aromatic rings. The molecule has 0 bridgehead atoms. The SMILES string of the molecule is Cc1ccc(-c2cc(C(=O)Nc3cc(C(=O)N(C)C)ccc3Cl)c3c(C)noc3n2)s1. The highest BCUT2D eigenvalue weighted by atomic mass is 35.5. The van der Waals surface area contributed by atoms with Crippen molar-refractivity contribution in [2.75, 3.05) is 19.4 Å². The molecule has 1 aromatic carbocycles. The van der Waals surface area contributed by atoms with Crippen molar-refractivity contribution in [2.45, 2.75) is 13.8 Å². The zero-order valence-corrected chi connectivity index (χ0v) is 18.9. The first kappa shape index (κ1) is 21.0. The summed E-state index contributed by atoms with van der Waals surface area (Å²) >= 11 is 7.86. The number of anilines is 1. The molecular formula is C22H19ClN4O3S. The lowest BCUT2D eigenvalue weighted by Crippen LogP contribution is -2.22. The lowest BCUT2D eigenvalue weighted by atomic mass is 10.1. The Morgan fingerprint density at radius 3 is 2.58 bits per heavy atom. The van der Waals surface area contributed by atoms with Gasteiger partial charge in [0.15, 0.2) is 0 Å². The minimum Gasteiger partial charge on any atom is -0.345 e. The molecule has 0 aliphatic rings. The molecule has 0 spiro atoms. The van der Waals surface area contributed by atoms with Crippen molar-refractivity contribution in [3.63, 3.8) is 0 Å². The standard InChI is InChI=1S/C22H19ClN4O3S/c1-11-5-8-18(31-11)17-10-14(19-12(2)26-30-21(19)25-17)20(28)24-16-9-13(6-7-15(16)23)22(29)27(3)4/h5-10H,1-4H3,(H,24,28). The number of nitrogens with one attached hydrogen (secondary N) is 1. The number of rotatable bonds is 4. The van der Waals surface area contributed by atoms with Gasteiger partial charge in [-0.25, -0.2) is 4.98 Å². The Morgan fingerprint density at radius 2 is 1.90 bits per heavy atom. The van der Waals surface area contributed by atoms with E-state index in [4.69, 9.17) is 16.1 Å². The van der Waals surface area contributed by atoms with Gasteiger partial charge in [0.05, 0.1) is 37.9 Å². The summed E-state index contributed by atoms with van der Waals surface area (Å²) in [7, 11) is 3.32. The fourth-order valence-electron chi connectivity index (χ4n) is 3.17. The normalized spacial score (nSPS) is 11.0. The van der Waals surface area contributed by atoms with Crippen LogP contribution in [0, 0.1) is 13.8 Å². The van der Waals surface area contributed by atoms with Crippen molar-refractivity contribution in [1.82, 2.24) is 15.0 Å². The summed E-state index contributed by atoms with van der Waals surface area (Å²) in [5.41, 5.74) is 2.59. The number of halogens is 1. The van der Waals surface area contributed by atoms with Gasteiger partial charge >= 0.3 is 0 Å². The number of carbonyl (C=O) groups excluding carboxylic acids is 2. The van der Waals surface area contributed by atoms with Crippen LogP contribution in [0.4, 0.5) is 5.69 Å². The highest BCUT2D eigenvalue weighted by Crippen LogP contribution is 2.32. The number of fused-ring (bicyclic) bond motifs is 1. The first-order valence-electron chi connectivity index (χ1n) is 9.41. The molecule has 3 heterocycles. The number of nitrogens with zero attached hydrogens (tertiary/aromatic N) is 3. The predicted octanol–water partition coefficient (Wildman–Crippen LogP) is 5.18. The van der Waals surface area contributed by atoms with E-state index in [0.29, 0.717) is 38.6 Å². The Bertz CT molecular complexity index is 1330. The summed E-state index contributed by atoms with van der Waals surface area (Å²) in [6, 6.07) is 10.4. The van der Waals surface area contributed by atoms with Crippen LogP contribution in [0.5, 0.6) is 0 Å². The summed E-state index contributed by atoms with van der Waals surface area (Å²) < 4.78 is 5.35. The molecule has 0 unspecified atom stereocenters. The highest BCUT2D eigenvalue weighted by molar-refractivity contribution is 7.15. The second-order valence-corrected chi connectivity index (χ2v) is 8.96. The molecule has 0 radical (unpaired) electrons. The first-order valence-corrected chi connectivity index (χ1v) is 10.6. The highest BCUT2D eigenvalue weighted by Gasteiger charge is 2.21. The van der Waals surface area contributed by atoms with Crippen LogP contribution in [-0.4, -0.2) is 41.0 Å². The smallest absolute Gasteiger partial charge is 0.259 e. The number of pyridine rings is 1. The van der Waals surface area contributed by atoms with Gasteiger partial charge in [-0.15, -0.1) is 11.3 Å². The number of amides is 2. The Morgan fingerprint density at radius 1 is 1.13 bits per heavy atom. The van der Waals surface area contributed by atoms with Crippen LogP contribution < -0.4 is 5.32 Å². The Hall–Kier alpha value is -3.23. The molecule has 0 saturated heterocycles. The van der Waals surface area contributed by atoms with E-state index in [1.165, 1.54) is 4.90 Å². The monoisotopic (exact) mass is 454 g/mol. The van der Waals surface area contributed by atoms with Gasteiger partial charge in [0.1, 0.15) is 0 Å². The topological polar surface area (TPSA) is 88.3 Å². The predicted molar refractivity (Wildman–Crippen MR) is 122 cm³/mol. The van der Waals surface area contributed by atoms with Crippen molar-refractivity contribution >= 4 is 51.5 Å². The molecule has 7 nitrogen and oxygen atoms in total. The van der Waals surface area contributed by atoms with Gasteiger partial charge in [0.25, 0.3) is 17.5 Å². The molecule has 158 valence electrons. The minimum absolute atomic E-state index is 0.191. The molecule has 1 N–H and O–H groups in total. The van der Waals surface area contributed by atoms with Crippen LogP contribution in [0.25, 0.3) is 21.7 Å². The second kappa shape index (κ2) is 8.13. The summed E-state index contributed by atoms with van der Waals surface area (Å²) in [5.74, 6) is -0.590. The third kappa shape index (κ3) is 4.04. The number of thiophene rings is 1. The third-order valence-electron chi connectivity index (χ3n) is 4.72. The summed E-state index contributed by atoms with van der Waals surface area (Å²) in [4.78, 5) is 33.6. The molecule has 31 heavy (non-hydrogen) atoms. The Kier molecular flexibility index (Phi) is 5.51. The van der Waals surface area contributed by atoms with Crippen LogP contribution >= 0.6 is 22.9 Å². The maximum absolute atomic E-state index is 13.3. The lowest BCUT2D eigenvalue weighted by molar-refractivity contribution is 0.0827. The van der Waals surface area contributed by atoms with Crippen molar-refractivity contribution < 1.29 is 14.1 Å². The van der Waals surface area contributed by atoms with Gasteiger partial charge in [-0.3, -0.25) is 9.59 Å².